The highest BCUT2D eigenvalue weighted by molar-refractivity contribution is 6.32. The van der Waals surface area contributed by atoms with Gasteiger partial charge in [-0.05, 0) is 43.6 Å². The van der Waals surface area contributed by atoms with Crippen molar-refractivity contribution < 1.29 is 0 Å². The van der Waals surface area contributed by atoms with Gasteiger partial charge in [-0.15, -0.1) is 0 Å². The monoisotopic (exact) mass is 239 g/mol. The lowest BCUT2D eigenvalue weighted by atomic mass is 9.62. The fourth-order valence-corrected chi connectivity index (χ4v) is 4.12. The molecule has 0 saturated heterocycles. The summed E-state index contributed by atoms with van der Waals surface area (Å²) in [5, 5.41) is 0. The van der Waals surface area contributed by atoms with E-state index in [-0.39, 0.29) is 0 Å². The minimum atomic E-state index is 0.657. The van der Waals surface area contributed by atoms with Crippen LogP contribution in [0.5, 0.6) is 0 Å². The Morgan fingerprint density at radius 3 is 2.56 bits per heavy atom. The van der Waals surface area contributed by atoms with Crippen LogP contribution in [-0.4, -0.2) is 12.8 Å². The third kappa shape index (κ3) is 2.48. The predicted octanol–water partition coefficient (Wildman–Crippen LogP) is 3.48. The van der Waals surface area contributed by atoms with E-state index in [9.17, 15) is 0 Å². The van der Waals surface area contributed by atoms with Crippen LogP contribution in [0.4, 0.5) is 0 Å². The molecule has 0 amide bonds. The number of hydrogen-bond donors (Lipinski definition) is 0. The number of aromatic nitrogens is 1. The summed E-state index contributed by atoms with van der Waals surface area (Å²) in [6, 6.07) is 4.15. The maximum atomic E-state index is 5.73. The summed E-state index contributed by atoms with van der Waals surface area (Å²) in [5.41, 5.74) is 2.71. The van der Waals surface area contributed by atoms with E-state index in [2.05, 4.69) is 11.1 Å². The van der Waals surface area contributed by atoms with Crippen molar-refractivity contribution in [2.75, 3.05) is 0 Å². The van der Waals surface area contributed by atoms with Gasteiger partial charge in [0.15, 0.2) is 0 Å². The van der Waals surface area contributed by atoms with Gasteiger partial charge in [0, 0.05) is 17.8 Å². The SMILES string of the molecule is [B]c1ccc(C2CCCC3(CCCCC3)C2)nc1. The molecule has 1 heterocycles. The van der Waals surface area contributed by atoms with Crippen molar-refractivity contribution in [2.24, 2.45) is 5.41 Å². The van der Waals surface area contributed by atoms with Gasteiger partial charge in [-0.3, -0.25) is 4.98 Å². The second-order valence-corrected chi connectivity index (χ2v) is 6.37. The third-order valence-electron chi connectivity index (χ3n) is 5.08. The van der Waals surface area contributed by atoms with E-state index in [4.69, 9.17) is 7.85 Å². The van der Waals surface area contributed by atoms with Gasteiger partial charge >= 0.3 is 0 Å². The zero-order valence-electron chi connectivity index (χ0n) is 11.2. The first kappa shape index (κ1) is 12.3. The smallest absolute Gasteiger partial charge is 0.115 e. The summed E-state index contributed by atoms with van der Waals surface area (Å²) in [6.07, 6.45) is 14.6. The summed E-state index contributed by atoms with van der Waals surface area (Å²) in [5.74, 6) is 0.678. The Hall–Kier alpha value is -0.785. The van der Waals surface area contributed by atoms with Crippen molar-refractivity contribution in [1.82, 2.24) is 4.98 Å². The molecule has 2 aliphatic carbocycles. The highest BCUT2D eigenvalue weighted by Gasteiger charge is 2.37. The van der Waals surface area contributed by atoms with E-state index >= 15 is 0 Å². The van der Waals surface area contributed by atoms with E-state index in [0.717, 1.165) is 5.46 Å². The second kappa shape index (κ2) is 5.07. The van der Waals surface area contributed by atoms with Crippen LogP contribution in [0, 0.1) is 5.41 Å². The Balaban J connectivity index is 1.75. The molecule has 2 radical (unpaired) electrons. The highest BCUT2D eigenvalue weighted by atomic mass is 14.7. The summed E-state index contributed by atoms with van der Waals surface area (Å²) >= 11 is 0. The normalized spacial score (nSPS) is 27.2. The molecule has 1 unspecified atom stereocenters. The maximum Gasteiger partial charge on any atom is 0.115 e. The molecule has 1 aromatic rings. The molecule has 0 aromatic carbocycles. The minimum absolute atomic E-state index is 0.657. The maximum absolute atomic E-state index is 5.73. The Kier molecular flexibility index (Phi) is 3.45. The molecule has 2 fully saturated rings. The van der Waals surface area contributed by atoms with Gasteiger partial charge in [0.2, 0.25) is 0 Å². The van der Waals surface area contributed by atoms with Gasteiger partial charge in [0.05, 0.1) is 0 Å². The molecule has 94 valence electrons. The van der Waals surface area contributed by atoms with Crippen LogP contribution < -0.4 is 5.46 Å². The molecular weight excluding hydrogens is 217 g/mol. The molecule has 0 aliphatic heterocycles. The van der Waals surface area contributed by atoms with Gasteiger partial charge in [0.25, 0.3) is 0 Å². The van der Waals surface area contributed by atoms with Crippen LogP contribution in [0.3, 0.4) is 0 Å². The number of nitrogens with zero attached hydrogens (tertiary/aromatic N) is 1. The Labute approximate surface area is 112 Å². The zero-order valence-corrected chi connectivity index (χ0v) is 11.2. The Morgan fingerprint density at radius 1 is 1.06 bits per heavy atom. The fraction of sp³-hybridized carbons (Fsp3) is 0.688. The molecule has 2 heteroatoms. The van der Waals surface area contributed by atoms with Crippen LogP contribution in [0.1, 0.15) is 69.4 Å². The van der Waals surface area contributed by atoms with Gasteiger partial charge in [-0.2, -0.15) is 0 Å². The quantitative estimate of drug-likeness (QED) is 0.683. The average molecular weight is 239 g/mol. The topological polar surface area (TPSA) is 12.9 Å². The van der Waals surface area contributed by atoms with E-state index in [1.807, 2.05) is 12.3 Å². The molecule has 1 nitrogen and oxygen atoms in total. The number of rotatable bonds is 1. The first-order chi connectivity index (χ1) is 8.77. The molecule has 0 N–H and O–H groups in total. The van der Waals surface area contributed by atoms with Crippen LogP contribution in [0.15, 0.2) is 18.3 Å². The van der Waals surface area contributed by atoms with E-state index in [1.165, 1.54) is 63.5 Å². The molecule has 18 heavy (non-hydrogen) atoms. The van der Waals surface area contributed by atoms with E-state index < -0.39 is 0 Å². The summed E-state index contributed by atoms with van der Waals surface area (Å²) in [6.45, 7) is 0. The summed E-state index contributed by atoms with van der Waals surface area (Å²) < 4.78 is 0. The standard InChI is InChI=1S/C16H22BN/c17-14-6-7-15(18-12-14)13-5-4-10-16(11-13)8-2-1-3-9-16/h6-7,12-13H,1-5,8-11H2. The van der Waals surface area contributed by atoms with Crippen LogP contribution in [0.2, 0.25) is 0 Å². The van der Waals surface area contributed by atoms with Gasteiger partial charge in [0.1, 0.15) is 7.85 Å². The van der Waals surface area contributed by atoms with Crippen molar-refractivity contribution in [2.45, 2.75) is 63.7 Å². The summed E-state index contributed by atoms with van der Waals surface area (Å²) in [7, 11) is 5.73. The molecule has 3 rings (SSSR count). The summed E-state index contributed by atoms with van der Waals surface area (Å²) in [4.78, 5) is 4.55. The van der Waals surface area contributed by atoms with E-state index in [0.29, 0.717) is 11.3 Å². The van der Waals surface area contributed by atoms with Crippen LogP contribution >= 0.6 is 0 Å². The lowest BCUT2D eigenvalue weighted by Crippen LogP contribution is -2.30. The molecule has 1 spiro atoms. The third-order valence-corrected chi connectivity index (χ3v) is 5.08. The van der Waals surface area contributed by atoms with Gasteiger partial charge < -0.3 is 0 Å². The molecule has 1 atom stereocenters. The van der Waals surface area contributed by atoms with Crippen molar-refractivity contribution >= 4 is 13.3 Å². The van der Waals surface area contributed by atoms with E-state index in [1.54, 1.807) is 0 Å². The van der Waals surface area contributed by atoms with Gasteiger partial charge in [-0.1, -0.05) is 37.2 Å². The second-order valence-electron chi connectivity index (χ2n) is 6.37. The molecule has 2 saturated carbocycles. The predicted molar refractivity (Wildman–Crippen MR) is 76.4 cm³/mol. The van der Waals surface area contributed by atoms with Crippen molar-refractivity contribution in [3.05, 3.63) is 24.0 Å². The largest absolute Gasteiger partial charge is 0.262 e. The molecule has 2 aliphatic rings. The first-order valence-electron chi connectivity index (χ1n) is 7.49. The van der Waals surface area contributed by atoms with Crippen LogP contribution in [0.25, 0.3) is 0 Å². The molecule has 1 aromatic heterocycles. The molecular formula is C16H22BN. The number of pyridine rings is 1. The lowest BCUT2D eigenvalue weighted by molar-refractivity contribution is 0.109. The Morgan fingerprint density at radius 2 is 1.83 bits per heavy atom. The van der Waals surface area contributed by atoms with Crippen molar-refractivity contribution in [3.8, 4) is 0 Å². The van der Waals surface area contributed by atoms with Gasteiger partial charge in [-0.25, -0.2) is 0 Å². The van der Waals surface area contributed by atoms with Crippen LogP contribution in [-0.2, 0) is 0 Å². The van der Waals surface area contributed by atoms with Crippen molar-refractivity contribution in [1.29, 1.82) is 0 Å². The van der Waals surface area contributed by atoms with Crippen molar-refractivity contribution in [3.63, 3.8) is 0 Å². The lowest BCUT2D eigenvalue weighted by Gasteiger charge is -2.43. The molecule has 0 bridgehead atoms. The first-order valence-corrected chi connectivity index (χ1v) is 7.49. The average Bonchev–Trinajstić information content (AvgIpc) is 2.40. The fourth-order valence-electron chi connectivity index (χ4n) is 4.12. The highest BCUT2D eigenvalue weighted by Crippen LogP contribution is 2.51. The Bertz CT molecular complexity index is 387. The number of hydrogen-bond acceptors (Lipinski definition) is 1. The zero-order chi connectivity index (χ0) is 12.4. The minimum Gasteiger partial charge on any atom is -0.262 e.